The summed E-state index contributed by atoms with van der Waals surface area (Å²) in [7, 11) is 0. The van der Waals surface area contributed by atoms with Crippen molar-refractivity contribution in [3.63, 3.8) is 0 Å². The number of H-pyrrole nitrogens is 1. The Balaban J connectivity index is 1.49. The van der Waals surface area contributed by atoms with E-state index in [9.17, 15) is 4.79 Å². The quantitative estimate of drug-likeness (QED) is 0.277. The van der Waals surface area contributed by atoms with Crippen LogP contribution in [0.15, 0.2) is 76.1 Å². The molecule has 0 radical (unpaired) electrons. The van der Waals surface area contributed by atoms with Gasteiger partial charge in [-0.15, -0.1) is 5.10 Å². The van der Waals surface area contributed by atoms with Gasteiger partial charge in [0.15, 0.2) is 5.82 Å². The molecule has 200 valence electrons. The average Bonchev–Trinajstić information content (AvgIpc) is 3.71. The second-order valence-electron chi connectivity index (χ2n) is 10.0. The van der Waals surface area contributed by atoms with E-state index in [1.54, 1.807) is 10.9 Å². The molecule has 2 atom stereocenters. The van der Waals surface area contributed by atoms with Crippen LogP contribution < -0.4 is 5.56 Å². The minimum absolute atomic E-state index is 0.0283. The van der Waals surface area contributed by atoms with Crippen molar-refractivity contribution >= 4 is 22.5 Å². The number of hydrogen-bond donors (Lipinski definition) is 1. The Kier molecular flexibility index (Phi) is 7.28. The van der Waals surface area contributed by atoms with Gasteiger partial charge < -0.3 is 14.1 Å². The summed E-state index contributed by atoms with van der Waals surface area (Å²) in [5.74, 6) is 1.34. The van der Waals surface area contributed by atoms with Gasteiger partial charge in [0.25, 0.3) is 5.56 Å². The van der Waals surface area contributed by atoms with E-state index < -0.39 is 6.04 Å². The summed E-state index contributed by atoms with van der Waals surface area (Å²) in [6.07, 6.45) is 3.63. The lowest BCUT2D eigenvalue weighted by molar-refractivity contribution is 0.0901. The Bertz CT molecular complexity index is 1610. The molecule has 0 bridgehead atoms. The number of aromatic nitrogens is 5. The van der Waals surface area contributed by atoms with Crippen LogP contribution in [0.5, 0.6) is 0 Å². The lowest BCUT2D eigenvalue weighted by Crippen LogP contribution is -2.35. The van der Waals surface area contributed by atoms with Crippen LogP contribution in [0, 0.1) is 6.92 Å². The first-order chi connectivity index (χ1) is 19.0. The molecule has 1 N–H and O–H groups in total. The maximum Gasteiger partial charge on any atom is 0.253 e. The molecule has 0 spiro atoms. The zero-order valence-corrected chi connectivity index (χ0v) is 22.3. The molecule has 0 unspecified atom stereocenters. The van der Waals surface area contributed by atoms with Crippen LogP contribution in [0.4, 0.5) is 0 Å². The Morgan fingerprint density at radius 2 is 2.03 bits per heavy atom. The predicted octanol–water partition coefficient (Wildman–Crippen LogP) is 5.04. The third kappa shape index (κ3) is 5.66. The molecule has 39 heavy (non-hydrogen) atoms. The van der Waals surface area contributed by atoms with Crippen LogP contribution in [0.1, 0.15) is 47.2 Å². The van der Waals surface area contributed by atoms with Crippen molar-refractivity contribution in [2.45, 2.75) is 51.5 Å². The maximum absolute atomic E-state index is 13.7. The van der Waals surface area contributed by atoms with Crippen molar-refractivity contribution in [1.29, 1.82) is 0 Å². The first-order valence-electron chi connectivity index (χ1n) is 13.1. The second kappa shape index (κ2) is 11.1. The normalized spacial score (nSPS) is 16.3. The van der Waals surface area contributed by atoms with Crippen molar-refractivity contribution in [3.8, 4) is 0 Å². The SMILES string of the molecule is Cc1ccc2cc([C@H](c3nnnn3C[C@H]3CCCO3)N(Cc3ccc(Cl)cc3)Cc3ccco3)c(=O)[nH]c2c1. The van der Waals surface area contributed by atoms with Crippen molar-refractivity contribution in [3.05, 3.63) is 111 Å². The Morgan fingerprint density at radius 1 is 1.15 bits per heavy atom. The number of aryl methyl sites for hydroxylation is 1. The molecule has 3 aromatic heterocycles. The van der Waals surface area contributed by atoms with Crippen LogP contribution in [0.3, 0.4) is 0 Å². The van der Waals surface area contributed by atoms with Gasteiger partial charge in [0, 0.05) is 29.3 Å². The molecule has 1 saturated heterocycles. The number of halogens is 1. The molecule has 6 rings (SSSR count). The van der Waals surface area contributed by atoms with Crippen LogP contribution in [0.25, 0.3) is 10.9 Å². The molecule has 1 aliphatic rings. The summed E-state index contributed by atoms with van der Waals surface area (Å²) < 4.78 is 13.4. The summed E-state index contributed by atoms with van der Waals surface area (Å²) in [5.41, 5.74) is 3.25. The average molecular weight is 545 g/mol. The molecule has 10 heteroatoms. The standard InChI is InChI=1S/C29H29ClN6O3/c1-19-6-9-21-15-25(29(37)31-26(21)14-19)27(28-32-33-34-36(28)18-24-5-3-13-39-24)35(17-23-4-2-12-38-23)16-20-7-10-22(30)11-8-20/h2,4,6-12,14-15,24,27H,3,5,13,16-18H2,1H3,(H,31,37)/t24-,27-/m1/s1. The van der Waals surface area contributed by atoms with Crippen LogP contribution in [-0.4, -0.2) is 42.8 Å². The highest BCUT2D eigenvalue weighted by atomic mass is 35.5. The number of aromatic amines is 1. The third-order valence-electron chi connectivity index (χ3n) is 7.13. The molecule has 0 saturated carbocycles. The molecule has 0 aliphatic carbocycles. The predicted molar refractivity (Wildman–Crippen MR) is 147 cm³/mol. The zero-order chi connectivity index (χ0) is 26.8. The van der Waals surface area contributed by atoms with Crippen molar-refractivity contribution in [2.24, 2.45) is 0 Å². The van der Waals surface area contributed by atoms with Gasteiger partial charge in [0.2, 0.25) is 0 Å². The topological polar surface area (TPSA) is 102 Å². The monoisotopic (exact) mass is 544 g/mol. The fraction of sp³-hybridized carbons (Fsp3) is 0.310. The van der Waals surface area contributed by atoms with E-state index in [1.807, 2.05) is 67.6 Å². The van der Waals surface area contributed by atoms with E-state index in [-0.39, 0.29) is 11.7 Å². The van der Waals surface area contributed by atoms with Gasteiger partial charge in [-0.1, -0.05) is 35.9 Å². The fourth-order valence-corrected chi connectivity index (χ4v) is 5.34. The summed E-state index contributed by atoms with van der Waals surface area (Å²) in [6.45, 7) is 4.18. The lowest BCUT2D eigenvalue weighted by Gasteiger charge is -2.30. The molecule has 0 amide bonds. The van der Waals surface area contributed by atoms with Crippen molar-refractivity contribution < 1.29 is 9.15 Å². The van der Waals surface area contributed by atoms with Gasteiger partial charge in [0.1, 0.15) is 11.8 Å². The number of fused-ring (bicyclic) bond motifs is 1. The number of ether oxygens (including phenoxy) is 1. The molecular weight excluding hydrogens is 516 g/mol. The van der Waals surface area contributed by atoms with Gasteiger partial charge in [-0.25, -0.2) is 4.68 Å². The van der Waals surface area contributed by atoms with Crippen LogP contribution in [0.2, 0.25) is 5.02 Å². The summed E-state index contributed by atoms with van der Waals surface area (Å²) in [5, 5.41) is 14.4. The molecule has 5 aromatic rings. The second-order valence-corrected chi connectivity index (χ2v) is 10.4. The minimum Gasteiger partial charge on any atom is -0.468 e. The van der Waals surface area contributed by atoms with E-state index in [0.717, 1.165) is 47.2 Å². The number of rotatable bonds is 9. The van der Waals surface area contributed by atoms with E-state index in [2.05, 4.69) is 25.4 Å². The van der Waals surface area contributed by atoms with Crippen molar-refractivity contribution in [2.75, 3.05) is 6.61 Å². The summed E-state index contributed by atoms with van der Waals surface area (Å²) in [6, 6.07) is 18.9. The van der Waals surface area contributed by atoms with Crippen molar-refractivity contribution in [1.82, 2.24) is 30.1 Å². The minimum atomic E-state index is -0.573. The highest BCUT2D eigenvalue weighted by Crippen LogP contribution is 2.31. The molecule has 1 fully saturated rings. The number of benzene rings is 2. The zero-order valence-electron chi connectivity index (χ0n) is 21.6. The number of tetrazole rings is 1. The van der Waals surface area contributed by atoms with E-state index in [0.29, 0.717) is 36.0 Å². The van der Waals surface area contributed by atoms with Gasteiger partial charge in [-0.05, 0) is 83.1 Å². The first-order valence-corrected chi connectivity index (χ1v) is 13.4. The van der Waals surface area contributed by atoms with Gasteiger partial charge in [-0.3, -0.25) is 9.69 Å². The Morgan fingerprint density at radius 3 is 2.79 bits per heavy atom. The largest absolute Gasteiger partial charge is 0.468 e. The third-order valence-corrected chi connectivity index (χ3v) is 7.38. The molecular formula is C29H29ClN6O3. The van der Waals surface area contributed by atoms with Crippen LogP contribution >= 0.6 is 11.6 Å². The smallest absolute Gasteiger partial charge is 0.253 e. The number of pyridine rings is 1. The summed E-state index contributed by atoms with van der Waals surface area (Å²) >= 11 is 6.18. The van der Waals surface area contributed by atoms with E-state index >= 15 is 0 Å². The van der Waals surface area contributed by atoms with E-state index in [4.69, 9.17) is 20.8 Å². The maximum atomic E-state index is 13.7. The number of nitrogens with one attached hydrogen (secondary N) is 1. The highest BCUT2D eigenvalue weighted by Gasteiger charge is 2.32. The van der Waals surface area contributed by atoms with Gasteiger partial charge >= 0.3 is 0 Å². The number of nitrogens with zero attached hydrogens (tertiary/aromatic N) is 5. The fourth-order valence-electron chi connectivity index (χ4n) is 5.22. The van der Waals surface area contributed by atoms with Gasteiger partial charge in [0.05, 0.1) is 25.5 Å². The number of furan rings is 1. The molecule has 2 aromatic carbocycles. The Labute approximate surface area is 230 Å². The molecule has 9 nitrogen and oxygen atoms in total. The lowest BCUT2D eigenvalue weighted by atomic mass is 10.0. The number of hydrogen-bond acceptors (Lipinski definition) is 7. The van der Waals surface area contributed by atoms with E-state index in [1.165, 1.54) is 0 Å². The Hall–Kier alpha value is -3.79. The van der Waals surface area contributed by atoms with Gasteiger partial charge in [-0.2, -0.15) is 0 Å². The molecule has 4 heterocycles. The highest BCUT2D eigenvalue weighted by molar-refractivity contribution is 6.30. The summed E-state index contributed by atoms with van der Waals surface area (Å²) in [4.78, 5) is 19.0. The molecule has 1 aliphatic heterocycles. The van der Waals surface area contributed by atoms with Crippen LogP contribution in [-0.2, 0) is 24.4 Å². The first kappa shape index (κ1) is 25.5.